The number of hydrogen-bond donors (Lipinski definition) is 1. The van der Waals surface area contributed by atoms with Gasteiger partial charge in [-0.1, -0.05) is 30.3 Å². The first-order chi connectivity index (χ1) is 6.40. The van der Waals surface area contributed by atoms with Crippen molar-refractivity contribution in [2.45, 2.75) is 6.54 Å². The lowest BCUT2D eigenvalue weighted by molar-refractivity contribution is 1.07. The second kappa shape index (κ2) is 3.99. The van der Waals surface area contributed by atoms with E-state index in [4.69, 9.17) is 5.73 Å². The van der Waals surface area contributed by atoms with Gasteiger partial charge >= 0.3 is 0 Å². The van der Waals surface area contributed by atoms with E-state index in [9.17, 15) is 0 Å². The minimum atomic E-state index is 0.633. The molecule has 2 rings (SSSR count). The Morgan fingerprint density at radius 1 is 1.23 bits per heavy atom. The highest BCUT2D eigenvalue weighted by Gasteiger charge is 2.06. The lowest BCUT2D eigenvalue weighted by Crippen LogP contribution is -1.95. The van der Waals surface area contributed by atoms with Crippen molar-refractivity contribution in [3.8, 4) is 0 Å². The summed E-state index contributed by atoms with van der Waals surface area (Å²) in [6.07, 6.45) is 2.31. The van der Waals surface area contributed by atoms with Crippen molar-refractivity contribution in [3.05, 3.63) is 41.5 Å². The van der Waals surface area contributed by atoms with Gasteiger partial charge in [0.15, 0.2) is 0 Å². The highest BCUT2D eigenvalue weighted by atomic mass is 32.2. The van der Waals surface area contributed by atoms with Crippen molar-refractivity contribution in [1.29, 1.82) is 0 Å². The molecule has 68 valence electrons. The second-order valence-electron chi connectivity index (χ2n) is 3.15. The van der Waals surface area contributed by atoms with Crippen LogP contribution in [0, 0.1) is 0 Å². The van der Waals surface area contributed by atoms with Crippen LogP contribution in [0.4, 0.5) is 0 Å². The number of rotatable bonds is 2. The topological polar surface area (TPSA) is 26.0 Å². The zero-order chi connectivity index (χ0) is 9.10. The van der Waals surface area contributed by atoms with E-state index in [1.165, 1.54) is 16.7 Å². The van der Waals surface area contributed by atoms with Crippen LogP contribution in [0.2, 0.25) is 0 Å². The lowest BCUT2D eigenvalue weighted by Gasteiger charge is -2.02. The summed E-state index contributed by atoms with van der Waals surface area (Å²) in [6.45, 7) is 0.633. The fourth-order valence-corrected chi connectivity index (χ4v) is 2.38. The molecule has 1 aromatic rings. The van der Waals surface area contributed by atoms with Gasteiger partial charge in [0.05, 0.1) is 0 Å². The summed E-state index contributed by atoms with van der Waals surface area (Å²) in [5, 5.41) is 0. The fraction of sp³-hybridized carbons (Fsp3) is 0.273. The van der Waals surface area contributed by atoms with Crippen LogP contribution in [0.1, 0.15) is 11.1 Å². The summed E-state index contributed by atoms with van der Waals surface area (Å²) in [5.41, 5.74) is 9.55. The summed E-state index contributed by atoms with van der Waals surface area (Å²) in [5.74, 6) is 2.32. The molecule has 0 bridgehead atoms. The average molecular weight is 191 g/mol. The molecule has 0 unspecified atom stereocenters. The van der Waals surface area contributed by atoms with Gasteiger partial charge in [0.2, 0.25) is 0 Å². The summed E-state index contributed by atoms with van der Waals surface area (Å²) < 4.78 is 0. The Hall–Kier alpha value is -0.730. The van der Waals surface area contributed by atoms with E-state index in [0.717, 1.165) is 11.5 Å². The van der Waals surface area contributed by atoms with Crippen molar-refractivity contribution < 1.29 is 0 Å². The summed E-state index contributed by atoms with van der Waals surface area (Å²) in [4.78, 5) is 0. The van der Waals surface area contributed by atoms with Gasteiger partial charge < -0.3 is 5.73 Å². The Labute approximate surface area is 83.0 Å². The van der Waals surface area contributed by atoms with Crippen molar-refractivity contribution in [2.24, 2.45) is 5.73 Å². The molecule has 0 aromatic heterocycles. The predicted octanol–water partition coefficient (Wildman–Crippen LogP) is 2.28. The van der Waals surface area contributed by atoms with Crippen LogP contribution in [0.5, 0.6) is 0 Å². The summed E-state index contributed by atoms with van der Waals surface area (Å²) in [7, 11) is 0. The van der Waals surface area contributed by atoms with Gasteiger partial charge in [-0.2, -0.15) is 11.8 Å². The van der Waals surface area contributed by atoms with Crippen LogP contribution in [-0.2, 0) is 6.54 Å². The highest BCUT2D eigenvalue weighted by Crippen LogP contribution is 2.26. The first kappa shape index (κ1) is 8.85. The standard InChI is InChI=1S/C11H13NS/c12-7-9-1-3-10(4-2-9)11-5-6-13-8-11/h1-5H,6-8,12H2. The second-order valence-corrected chi connectivity index (χ2v) is 4.18. The van der Waals surface area contributed by atoms with Gasteiger partial charge in [0.25, 0.3) is 0 Å². The number of benzene rings is 1. The third-order valence-electron chi connectivity index (χ3n) is 2.27. The third kappa shape index (κ3) is 1.95. The fourth-order valence-electron chi connectivity index (χ4n) is 1.44. The van der Waals surface area contributed by atoms with Crippen molar-refractivity contribution in [1.82, 2.24) is 0 Å². The zero-order valence-corrected chi connectivity index (χ0v) is 8.31. The monoisotopic (exact) mass is 191 g/mol. The summed E-state index contributed by atoms with van der Waals surface area (Å²) >= 11 is 1.97. The molecule has 1 nitrogen and oxygen atoms in total. The number of hydrogen-bond acceptors (Lipinski definition) is 2. The largest absolute Gasteiger partial charge is 0.326 e. The van der Waals surface area contributed by atoms with E-state index < -0.39 is 0 Å². The molecule has 1 heterocycles. The van der Waals surface area contributed by atoms with Crippen LogP contribution in [0.15, 0.2) is 30.3 Å². The van der Waals surface area contributed by atoms with Crippen LogP contribution in [0.25, 0.3) is 5.57 Å². The first-order valence-corrected chi connectivity index (χ1v) is 5.62. The maximum atomic E-state index is 5.53. The van der Waals surface area contributed by atoms with Crippen molar-refractivity contribution >= 4 is 17.3 Å². The third-order valence-corrected chi connectivity index (χ3v) is 3.18. The molecule has 1 aliphatic heterocycles. The minimum absolute atomic E-state index is 0.633. The van der Waals surface area contributed by atoms with Gasteiger partial charge in [-0.25, -0.2) is 0 Å². The molecule has 13 heavy (non-hydrogen) atoms. The first-order valence-electron chi connectivity index (χ1n) is 4.46. The van der Waals surface area contributed by atoms with E-state index in [-0.39, 0.29) is 0 Å². The Bertz CT molecular complexity index is 313. The van der Waals surface area contributed by atoms with Gasteiger partial charge in [-0.3, -0.25) is 0 Å². The van der Waals surface area contributed by atoms with E-state index in [2.05, 4.69) is 30.3 Å². The molecule has 2 N–H and O–H groups in total. The van der Waals surface area contributed by atoms with E-state index >= 15 is 0 Å². The van der Waals surface area contributed by atoms with Gasteiger partial charge in [-0.15, -0.1) is 0 Å². The molecule has 1 aromatic carbocycles. The Balaban J connectivity index is 2.22. The van der Waals surface area contributed by atoms with Crippen molar-refractivity contribution in [2.75, 3.05) is 11.5 Å². The molecule has 0 atom stereocenters. The van der Waals surface area contributed by atoms with Gasteiger partial charge in [0.1, 0.15) is 0 Å². The molecule has 2 heteroatoms. The minimum Gasteiger partial charge on any atom is -0.326 e. The van der Waals surface area contributed by atoms with Gasteiger partial charge in [0, 0.05) is 18.1 Å². The van der Waals surface area contributed by atoms with Crippen LogP contribution in [-0.4, -0.2) is 11.5 Å². The molecule has 0 amide bonds. The quantitative estimate of drug-likeness (QED) is 0.776. The maximum absolute atomic E-state index is 5.53. The zero-order valence-electron chi connectivity index (χ0n) is 7.49. The molecular weight excluding hydrogens is 178 g/mol. The Kier molecular flexibility index (Phi) is 2.71. The SMILES string of the molecule is NCc1ccc(C2=CCSC2)cc1. The average Bonchev–Trinajstić information content (AvgIpc) is 2.71. The van der Waals surface area contributed by atoms with E-state index in [1.54, 1.807) is 0 Å². The maximum Gasteiger partial charge on any atom is 0.0190 e. The Morgan fingerprint density at radius 2 is 2.00 bits per heavy atom. The molecular formula is C11H13NS. The highest BCUT2D eigenvalue weighted by molar-refractivity contribution is 8.00. The molecule has 1 aliphatic rings. The van der Waals surface area contributed by atoms with E-state index in [1.807, 2.05) is 11.8 Å². The number of nitrogens with two attached hydrogens (primary N) is 1. The molecule has 0 saturated carbocycles. The molecule has 0 fully saturated rings. The molecule has 0 radical (unpaired) electrons. The normalized spacial score (nSPS) is 15.9. The Morgan fingerprint density at radius 3 is 2.54 bits per heavy atom. The van der Waals surface area contributed by atoms with Gasteiger partial charge in [-0.05, 0) is 16.7 Å². The van der Waals surface area contributed by atoms with Crippen LogP contribution < -0.4 is 5.73 Å². The van der Waals surface area contributed by atoms with Crippen LogP contribution >= 0.6 is 11.8 Å². The van der Waals surface area contributed by atoms with Crippen molar-refractivity contribution in [3.63, 3.8) is 0 Å². The lowest BCUT2D eigenvalue weighted by atomic mass is 10.1. The predicted molar refractivity (Wildman–Crippen MR) is 59.6 cm³/mol. The summed E-state index contributed by atoms with van der Waals surface area (Å²) in [6, 6.07) is 8.55. The number of thioether (sulfide) groups is 1. The van der Waals surface area contributed by atoms with E-state index in [0.29, 0.717) is 6.54 Å². The van der Waals surface area contributed by atoms with Crippen LogP contribution in [0.3, 0.4) is 0 Å². The molecule has 0 saturated heterocycles. The molecule has 0 spiro atoms. The molecule has 0 aliphatic carbocycles. The smallest absolute Gasteiger partial charge is 0.0190 e.